The third kappa shape index (κ3) is 3.79. The molecule has 0 aromatic carbocycles. The monoisotopic (exact) mass is 224 g/mol. The van der Waals surface area contributed by atoms with Gasteiger partial charge in [-0.15, -0.1) is 0 Å². The summed E-state index contributed by atoms with van der Waals surface area (Å²) in [5.74, 6) is 4.88. The molecule has 1 rings (SSSR count). The molecule has 0 spiro atoms. The van der Waals surface area contributed by atoms with Crippen LogP contribution >= 0.6 is 0 Å². The normalized spacial score (nSPS) is 30.6. The van der Waals surface area contributed by atoms with Gasteiger partial charge in [-0.05, 0) is 36.0 Å². The Morgan fingerprint density at radius 1 is 1.00 bits per heavy atom. The molecule has 5 unspecified atom stereocenters. The zero-order chi connectivity index (χ0) is 12.1. The van der Waals surface area contributed by atoms with Crippen molar-refractivity contribution in [1.82, 2.24) is 0 Å². The smallest absolute Gasteiger partial charge is 0.0360 e. The van der Waals surface area contributed by atoms with E-state index in [0.29, 0.717) is 0 Å². The second kappa shape index (κ2) is 6.67. The quantitative estimate of drug-likeness (QED) is 0.534. The molecule has 5 atom stereocenters. The highest BCUT2D eigenvalue weighted by Crippen LogP contribution is 2.43. The maximum Gasteiger partial charge on any atom is -0.0360 e. The molecule has 1 fully saturated rings. The van der Waals surface area contributed by atoms with Crippen LogP contribution in [0.5, 0.6) is 0 Å². The van der Waals surface area contributed by atoms with Gasteiger partial charge < -0.3 is 0 Å². The van der Waals surface area contributed by atoms with E-state index in [1.807, 2.05) is 0 Å². The van der Waals surface area contributed by atoms with Crippen LogP contribution in [-0.4, -0.2) is 0 Å². The van der Waals surface area contributed by atoms with Gasteiger partial charge in [-0.2, -0.15) is 0 Å². The minimum atomic E-state index is 0.937. The second-order valence-electron chi connectivity index (χ2n) is 6.53. The van der Waals surface area contributed by atoms with Gasteiger partial charge >= 0.3 is 0 Å². The van der Waals surface area contributed by atoms with Gasteiger partial charge in [0.2, 0.25) is 0 Å². The van der Waals surface area contributed by atoms with Gasteiger partial charge in [-0.25, -0.2) is 0 Å². The molecule has 0 nitrogen and oxygen atoms in total. The van der Waals surface area contributed by atoms with Gasteiger partial charge in [0, 0.05) is 0 Å². The fourth-order valence-corrected chi connectivity index (χ4v) is 3.34. The Hall–Kier alpha value is 0. The van der Waals surface area contributed by atoms with E-state index < -0.39 is 0 Å². The maximum atomic E-state index is 2.50. The summed E-state index contributed by atoms with van der Waals surface area (Å²) >= 11 is 0. The highest BCUT2D eigenvalue weighted by atomic mass is 14.4. The molecule has 0 N–H and O–H groups in total. The molecule has 0 aromatic heterocycles. The van der Waals surface area contributed by atoms with Gasteiger partial charge in [-0.3, -0.25) is 0 Å². The molecule has 0 aliphatic heterocycles. The van der Waals surface area contributed by atoms with Crippen molar-refractivity contribution in [3.63, 3.8) is 0 Å². The van der Waals surface area contributed by atoms with Crippen LogP contribution < -0.4 is 0 Å². The zero-order valence-electron chi connectivity index (χ0n) is 12.1. The standard InChI is InChI=1S/C16H32/c1-6-7-12(2)8-9-13(3)15(5)16-11-10-14(16)4/h12-16H,6-11H2,1-5H3. The van der Waals surface area contributed by atoms with Crippen molar-refractivity contribution in [3.05, 3.63) is 0 Å². The van der Waals surface area contributed by atoms with E-state index in [0.717, 1.165) is 29.6 Å². The molecule has 0 heteroatoms. The largest absolute Gasteiger partial charge is 0.0654 e. The lowest BCUT2D eigenvalue weighted by molar-refractivity contribution is 0.0893. The summed E-state index contributed by atoms with van der Waals surface area (Å²) in [6.07, 6.45) is 8.64. The molecular formula is C16H32. The van der Waals surface area contributed by atoms with Crippen LogP contribution in [-0.2, 0) is 0 Å². The average Bonchev–Trinajstić information content (AvgIpc) is 2.24. The van der Waals surface area contributed by atoms with Gasteiger partial charge in [0.25, 0.3) is 0 Å². The molecule has 0 bridgehead atoms. The molecule has 0 saturated heterocycles. The molecule has 0 aromatic rings. The van der Waals surface area contributed by atoms with Crippen LogP contribution in [0.25, 0.3) is 0 Å². The Morgan fingerprint density at radius 3 is 2.12 bits per heavy atom. The van der Waals surface area contributed by atoms with Gasteiger partial charge in [0.05, 0.1) is 0 Å². The van der Waals surface area contributed by atoms with Crippen LogP contribution in [0, 0.1) is 29.6 Å². The summed E-state index contributed by atoms with van der Waals surface area (Å²) in [6.45, 7) is 12.1. The average molecular weight is 224 g/mol. The number of hydrogen-bond donors (Lipinski definition) is 0. The molecule has 1 aliphatic rings. The lowest BCUT2D eigenvalue weighted by Crippen LogP contribution is -2.32. The Morgan fingerprint density at radius 2 is 1.69 bits per heavy atom. The fraction of sp³-hybridized carbons (Fsp3) is 1.00. The number of rotatable bonds is 7. The molecule has 0 amide bonds. The minimum absolute atomic E-state index is 0.937. The van der Waals surface area contributed by atoms with Crippen molar-refractivity contribution in [2.24, 2.45) is 29.6 Å². The van der Waals surface area contributed by atoms with E-state index in [4.69, 9.17) is 0 Å². The predicted octanol–water partition coefficient (Wildman–Crippen LogP) is 5.52. The van der Waals surface area contributed by atoms with Gasteiger partial charge in [0.1, 0.15) is 0 Å². The van der Waals surface area contributed by atoms with E-state index in [1.54, 1.807) is 0 Å². The first kappa shape index (κ1) is 14.1. The highest BCUT2D eigenvalue weighted by molar-refractivity contribution is 4.83. The van der Waals surface area contributed by atoms with E-state index in [9.17, 15) is 0 Å². The Balaban J connectivity index is 2.20. The third-order valence-electron chi connectivity index (χ3n) is 5.16. The zero-order valence-corrected chi connectivity index (χ0v) is 12.1. The first-order chi connectivity index (χ1) is 7.56. The summed E-state index contributed by atoms with van der Waals surface area (Å²) in [6, 6.07) is 0. The second-order valence-corrected chi connectivity index (χ2v) is 6.53. The van der Waals surface area contributed by atoms with Crippen molar-refractivity contribution in [1.29, 1.82) is 0 Å². The number of hydrogen-bond acceptors (Lipinski definition) is 0. The molecule has 0 radical (unpaired) electrons. The van der Waals surface area contributed by atoms with Crippen molar-refractivity contribution in [2.45, 2.75) is 73.1 Å². The maximum absolute atomic E-state index is 2.50. The van der Waals surface area contributed by atoms with Gasteiger partial charge in [0.15, 0.2) is 0 Å². The molecule has 96 valence electrons. The first-order valence-corrected chi connectivity index (χ1v) is 7.56. The van der Waals surface area contributed by atoms with Crippen LogP contribution in [0.1, 0.15) is 73.1 Å². The summed E-state index contributed by atoms with van der Waals surface area (Å²) in [7, 11) is 0. The Kier molecular flexibility index (Phi) is 5.86. The SMILES string of the molecule is CCCC(C)CCC(C)C(C)C1CCC1C. The topological polar surface area (TPSA) is 0 Å². The Bertz CT molecular complexity index is 184. The Labute approximate surface area is 103 Å². The molecule has 1 aliphatic carbocycles. The van der Waals surface area contributed by atoms with Crippen molar-refractivity contribution in [3.8, 4) is 0 Å². The van der Waals surface area contributed by atoms with E-state index in [2.05, 4.69) is 34.6 Å². The van der Waals surface area contributed by atoms with Crippen molar-refractivity contribution in [2.75, 3.05) is 0 Å². The molecule has 1 saturated carbocycles. The summed E-state index contributed by atoms with van der Waals surface area (Å²) < 4.78 is 0. The van der Waals surface area contributed by atoms with Crippen LogP contribution in [0.4, 0.5) is 0 Å². The van der Waals surface area contributed by atoms with E-state index in [1.165, 1.54) is 38.5 Å². The van der Waals surface area contributed by atoms with E-state index >= 15 is 0 Å². The van der Waals surface area contributed by atoms with E-state index in [-0.39, 0.29) is 0 Å². The summed E-state index contributed by atoms with van der Waals surface area (Å²) in [4.78, 5) is 0. The third-order valence-corrected chi connectivity index (χ3v) is 5.16. The fourth-order valence-electron chi connectivity index (χ4n) is 3.34. The molecular weight excluding hydrogens is 192 g/mol. The minimum Gasteiger partial charge on any atom is -0.0654 e. The van der Waals surface area contributed by atoms with Crippen molar-refractivity contribution < 1.29 is 0 Å². The highest BCUT2D eigenvalue weighted by Gasteiger charge is 2.33. The predicted molar refractivity (Wildman–Crippen MR) is 73.5 cm³/mol. The molecule has 16 heavy (non-hydrogen) atoms. The first-order valence-electron chi connectivity index (χ1n) is 7.56. The van der Waals surface area contributed by atoms with Crippen LogP contribution in [0.2, 0.25) is 0 Å². The van der Waals surface area contributed by atoms with Crippen molar-refractivity contribution >= 4 is 0 Å². The molecule has 0 heterocycles. The van der Waals surface area contributed by atoms with Gasteiger partial charge in [-0.1, -0.05) is 66.7 Å². The van der Waals surface area contributed by atoms with Crippen LogP contribution in [0.3, 0.4) is 0 Å². The summed E-state index contributed by atoms with van der Waals surface area (Å²) in [5.41, 5.74) is 0. The van der Waals surface area contributed by atoms with Crippen LogP contribution in [0.15, 0.2) is 0 Å². The lowest BCUT2D eigenvalue weighted by atomic mass is 9.64. The summed E-state index contributed by atoms with van der Waals surface area (Å²) in [5, 5.41) is 0. The lowest BCUT2D eigenvalue weighted by Gasteiger charge is -2.41.